The van der Waals surface area contributed by atoms with Gasteiger partial charge in [0.15, 0.2) is 0 Å². The van der Waals surface area contributed by atoms with Crippen LogP contribution < -0.4 is 4.90 Å². The lowest BCUT2D eigenvalue weighted by Gasteiger charge is -2.29. The second-order valence-corrected chi connectivity index (χ2v) is 19.0. The molecule has 1 nitrogen and oxygen atoms in total. The van der Waals surface area contributed by atoms with Crippen molar-refractivity contribution in [3.8, 4) is 44.5 Å². The van der Waals surface area contributed by atoms with Crippen LogP contribution in [0, 0.1) is 0 Å². The van der Waals surface area contributed by atoms with E-state index >= 15 is 0 Å². The first-order chi connectivity index (χ1) is 29.8. The van der Waals surface area contributed by atoms with E-state index in [0.29, 0.717) is 5.92 Å². The molecule has 0 radical (unpaired) electrons. The molecular weight excluding hydrogens is 735 g/mol. The molecule has 8 aromatic rings. The summed E-state index contributed by atoms with van der Waals surface area (Å²) in [7, 11) is 0. The molecule has 3 aliphatic carbocycles. The second kappa shape index (κ2) is 14.8. The van der Waals surface area contributed by atoms with Gasteiger partial charge in [-0.3, -0.25) is 0 Å². The summed E-state index contributed by atoms with van der Waals surface area (Å²) in [5.41, 5.74) is 21.0. The van der Waals surface area contributed by atoms with E-state index in [9.17, 15) is 0 Å². The largest absolute Gasteiger partial charge is 0.310 e. The second-order valence-electron chi connectivity index (χ2n) is 19.0. The number of benzene rings is 8. The number of hydrogen-bond donors (Lipinski definition) is 0. The molecule has 61 heavy (non-hydrogen) atoms. The lowest BCUT2D eigenvalue weighted by molar-refractivity contribution is 0.455. The fourth-order valence-electron chi connectivity index (χ4n) is 11.6. The molecule has 8 aromatic carbocycles. The topological polar surface area (TPSA) is 3.24 Å². The molecule has 0 spiro atoms. The van der Waals surface area contributed by atoms with Gasteiger partial charge in [-0.05, 0) is 138 Å². The Morgan fingerprint density at radius 3 is 1.84 bits per heavy atom. The highest BCUT2D eigenvalue weighted by Crippen LogP contribution is 2.57. The summed E-state index contributed by atoms with van der Waals surface area (Å²) >= 11 is 0. The first kappa shape index (κ1) is 37.8. The fourth-order valence-corrected chi connectivity index (χ4v) is 11.6. The van der Waals surface area contributed by atoms with Crippen molar-refractivity contribution >= 4 is 27.8 Å². The zero-order chi connectivity index (χ0) is 41.3. The monoisotopic (exact) mass is 789 g/mol. The highest BCUT2D eigenvalue weighted by Gasteiger charge is 2.41. The number of rotatable bonds is 6. The van der Waals surface area contributed by atoms with E-state index in [0.717, 1.165) is 0 Å². The van der Waals surface area contributed by atoms with Crippen LogP contribution in [0.1, 0.15) is 106 Å². The molecule has 11 rings (SSSR count). The van der Waals surface area contributed by atoms with Gasteiger partial charge in [-0.15, -0.1) is 0 Å². The first-order valence-corrected chi connectivity index (χ1v) is 22.8. The maximum absolute atomic E-state index is 2.52. The predicted molar refractivity (Wildman–Crippen MR) is 260 cm³/mol. The van der Waals surface area contributed by atoms with Crippen LogP contribution >= 0.6 is 0 Å². The quantitative estimate of drug-likeness (QED) is 0.162. The Labute approximate surface area is 362 Å². The molecule has 1 heteroatoms. The first-order valence-electron chi connectivity index (χ1n) is 22.8. The molecule has 0 saturated heterocycles. The minimum absolute atomic E-state index is 0.101. The Balaban J connectivity index is 1.08. The van der Waals surface area contributed by atoms with Gasteiger partial charge in [-0.25, -0.2) is 0 Å². The van der Waals surface area contributed by atoms with Crippen molar-refractivity contribution in [3.63, 3.8) is 0 Å². The van der Waals surface area contributed by atoms with Gasteiger partial charge in [-0.1, -0.05) is 193 Å². The van der Waals surface area contributed by atoms with Gasteiger partial charge in [0.25, 0.3) is 0 Å². The average Bonchev–Trinajstić information content (AvgIpc) is 3.66. The normalized spacial score (nSPS) is 16.3. The molecule has 0 bridgehead atoms. The van der Waals surface area contributed by atoms with Crippen LogP contribution in [-0.4, -0.2) is 0 Å². The Hall–Kier alpha value is -6.18. The standard InChI is InChI=1S/C60H55N/c1-59(2)55-30-18-26-49(51-28-17-27-50-48-25-15-16-29-54(48)60(3,4)58(50)51)57(55)52-36-35-45(39-56(52)59)61(44-33-31-41(32-34-44)40-19-9-6-5-7-10-20-40)46-37-43-23-13-14-24-47(43)53(38-46)42-21-11-8-12-22-42/h8,11-18,21-40H,5-7,9-10,19-20H2,1-4H3. The van der Waals surface area contributed by atoms with E-state index < -0.39 is 0 Å². The summed E-state index contributed by atoms with van der Waals surface area (Å²) in [6.45, 7) is 9.67. The van der Waals surface area contributed by atoms with Gasteiger partial charge in [-0.2, -0.15) is 0 Å². The third kappa shape index (κ3) is 6.19. The Kier molecular flexibility index (Phi) is 9.15. The van der Waals surface area contributed by atoms with Gasteiger partial charge in [0.1, 0.15) is 0 Å². The van der Waals surface area contributed by atoms with Crippen LogP contribution in [0.3, 0.4) is 0 Å². The van der Waals surface area contributed by atoms with Crippen LogP contribution in [0.5, 0.6) is 0 Å². The number of nitrogens with zero attached hydrogens (tertiary/aromatic N) is 1. The van der Waals surface area contributed by atoms with Crippen molar-refractivity contribution in [2.24, 2.45) is 0 Å². The molecule has 0 heterocycles. The summed E-state index contributed by atoms with van der Waals surface area (Å²) in [5.74, 6) is 0.646. The molecule has 0 amide bonds. The van der Waals surface area contributed by atoms with Crippen LogP contribution in [0.25, 0.3) is 55.3 Å². The summed E-state index contributed by atoms with van der Waals surface area (Å²) in [6.07, 6.45) is 9.40. The average molecular weight is 790 g/mol. The van der Waals surface area contributed by atoms with Gasteiger partial charge in [0.2, 0.25) is 0 Å². The van der Waals surface area contributed by atoms with Gasteiger partial charge >= 0.3 is 0 Å². The Morgan fingerprint density at radius 2 is 1.03 bits per heavy atom. The SMILES string of the molecule is CC1(C)c2cc(N(c3ccc(C4CCCCCCC4)cc3)c3cc(-c4ccccc4)c4ccccc4c3)ccc2-c2c(-c3cccc4c3C(C)(C)c3ccccc3-4)cccc21. The van der Waals surface area contributed by atoms with Crippen LogP contribution in [0.2, 0.25) is 0 Å². The Bertz CT molecular complexity index is 2940. The predicted octanol–water partition coefficient (Wildman–Crippen LogP) is 17.1. The zero-order valence-electron chi connectivity index (χ0n) is 36.1. The van der Waals surface area contributed by atoms with E-state index in [1.165, 1.54) is 145 Å². The highest BCUT2D eigenvalue weighted by molar-refractivity contribution is 6.02. The number of fused-ring (bicyclic) bond motifs is 7. The van der Waals surface area contributed by atoms with Crippen LogP contribution in [0.15, 0.2) is 170 Å². The Morgan fingerprint density at radius 1 is 0.410 bits per heavy atom. The van der Waals surface area contributed by atoms with E-state index in [-0.39, 0.29) is 10.8 Å². The molecule has 1 fully saturated rings. The minimum Gasteiger partial charge on any atom is -0.310 e. The minimum atomic E-state index is -0.195. The maximum Gasteiger partial charge on any atom is 0.0474 e. The third-order valence-electron chi connectivity index (χ3n) is 14.7. The lowest BCUT2D eigenvalue weighted by atomic mass is 9.77. The molecule has 3 aliphatic rings. The summed E-state index contributed by atoms with van der Waals surface area (Å²) in [4.78, 5) is 2.52. The molecule has 0 aliphatic heterocycles. The van der Waals surface area contributed by atoms with Crippen molar-refractivity contribution in [2.45, 2.75) is 89.4 Å². The van der Waals surface area contributed by atoms with Gasteiger partial charge in [0, 0.05) is 27.9 Å². The third-order valence-corrected chi connectivity index (χ3v) is 14.7. The molecule has 0 atom stereocenters. The molecule has 0 aromatic heterocycles. The van der Waals surface area contributed by atoms with Gasteiger partial charge in [0.05, 0.1) is 0 Å². The fraction of sp³-hybridized carbons (Fsp3) is 0.233. The zero-order valence-corrected chi connectivity index (χ0v) is 36.1. The highest BCUT2D eigenvalue weighted by atomic mass is 15.1. The molecular formula is C60H55N. The van der Waals surface area contributed by atoms with Crippen LogP contribution in [-0.2, 0) is 10.8 Å². The summed E-state index contributed by atoms with van der Waals surface area (Å²) < 4.78 is 0. The van der Waals surface area contributed by atoms with Crippen molar-refractivity contribution in [1.82, 2.24) is 0 Å². The number of hydrogen-bond acceptors (Lipinski definition) is 1. The van der Waals surface area contributed by atoms with Crippen molar-refractivity contribution in [1.29, 1.82) is 0 Å². The van der Waals surface area contributed by atoms with E-state index in [2.05, 4.69) is 202 Å². The number of anilines is 3. The van der Waals surface area contributed by atoms with E-state index in [4.69, 9.17) is 0 Å². The molecule has 0 unspecified atom stereocenters. The van der Waals surface area contributed by atoms with Crippen molar-refractivity contribution in [2.75, 3.05) is 4.90 Å². The molecule has 300 valence electrons. The summed E-state index contributed by atoms with van der Waals surface area (Å²) in [6, 6.07) is 64.6. The van der Waals surface area contributed by atoms with Gasteiger partial charge < -0.3 is 4.90 Å². The van der Waals surface area contributed by atoms with E-state index in [1.807, 2.05) is 0 Å². The maximum atomic E-state index is 2.52. The lowest BCUT2D eigenvalue weighted by Crippen LogP contribution is -2.17. The van der Waals surface area contributed by atoms with Crippen molar-refractivity contribution in [3.05, 3.63) is 198 Å². The van der Waals surface area contributed by atoms with Crippen LogP contribution in [0.4, 0.5) is 17.1 Å². The molecule has 0 N–H and O–H groups in total. The van der Waals surface area contributed by atoms with E-state index in [1.54, 1.807) is 0 Å². The smallest absolute Gasteiger partial charge is 0.0474 e. The van der Waals surface area contributed by atoms with Crippen molar-refractivity contribution < 1.29 is 0 Å². The summed E-state index contributed by atoms with van der Waals surface area (Å²) in [5, 5.41) is 2.52. The molecule has 1 saturated carbocycles.